The summed E-state index contributed by atoms with van der Waals surface area (Å²) in [5, 5.41) is 15.4. The third-order valence-electron chi connectivity index (χ3n) is 3.10. The summed E-state index contributed by atoms with van der Waals surface area (Å²) in [7, 11) is 0. The zero-order valence-electron chi connectivity index (χ0n) is 10.8. The van der Waals surface area contributed by atoms with Gasteiger partial charge in [-0.3, -0.25) is 10.1 Å². The lowest BCUT2D eigenvalue weighted by Gasteiger charge is -2.01. The molecular formula is C13H12N4O3. The molecule has 0 saturated carbocycles. The van der Waals surface area contributed by atoms with E-state index in [2.05, 4.69) is 10.1 Å². The minimum absolute atomic E-state index is 0.0845. The summed E-state index contributed by atoms with van der Waals surface area (Å²) >= 11 is 0. The van der Waals surface area contributed by atoms with Crippen LogP contribution >= 0.6 is 0 Å². The summed E-state index contributed by atoms with van der Waals surface area (Å²) < 4.78 is 7.07. The van der Waals surface area contributed by atoms with Gasteiger partial charge >= 0.3 is 0 Å². The van der Waals surface area contributed by atoms with E-state index in [1.807, 2.05) is 23.8 Å². The van der Waals surface area contributed by atoms with Crippen molar-refractivity contribution in [1.82, 2.24) is 14.7 Å². The Labute approximate surface area is 114 Å². The third-order valence-corrected chi connectivity index (χ3v) is 3.10. The first-order valence-electron chi connectivity index (χ1n) is 6.22. The summed E-state index contributed by atoms with van der Waals surface area (Å²) in [5.74, 6) is 1.20. The summed E-state index contributed by atoms with van der Waals surface area (Å²) in [6.07, 6.45) is 2.58. The molecule has 7 heteroatoms. The van der Waals surface area contributed by atoms with Gasteiger partial charge in [-0.1, -0.05) is 12.1 Å². The molecule has 1 aromatic carbocycles. The number of benzene rings is 1. The first-order valence-corrected chi connectivity index (χ1v) is 6.22. The second kappa shape index (κ2) is 4.76. The molecule has 0 bridgehead atoms. The van der Waals surface area contributed by atoms with Gasteiger partial charge in [0.25, 0.3) is 5.69 Å². The van der Waals surface area contributed by atoms with Gasteiger partial charge in [0.15, 0.2) is 5.82 Å². The average Bonchev–Trinajstić information content (AvgIpc) is 3.06. The van der Waals surface area contributed by atoms with E-state index in [0.29, 0.717) is 18.3 Å². The van der Waals surface area contributed by atoms with E-state index < -0.39 is 4.92 Å². The van der Waals surface area contributed by atoms with Gasteiger partial charge < -0.3 is 9.09 Å². The number of aromatic nitrogens is 3. The van der Waals surface area contributed by atoms with Crippen LogP contribution in [0, 0.1) is 10.1 Å². The molecule has 3 aromatic rings. The van der Waals surface area contributed by atoms with Crippen molar-refractivity contribution in [2.75, 3.05) is 0 Å². The molecule has 0 aliphatic carbocycles. The quantitative estimate of drug-likeness (QED) is 0.538. The summed E-state index contributed by atoms with van der Waals surface area (Å²) in [5.41, 5.74) is 0.980. The van der Waals surface area contributed by atoms with Crippen molar-refractivity contribution in [3.63, 3.8) is 0 Å². The summed E-state index contributed by atoms with van der Waals surface area (Å²) in [6, 6.07) is 6.60. The van der Waals surface area contributed by atoms with E-state index in [1.165, 1.54) is 6.07 Å². The number of fused-ring (bicyclic) bond motifs is 1. The number of hydrogen-bond donors (Lipinski definition) is 0. The Hall–Kier alpha value is -2.70. The molecule has 7 nitrogen and oxygen atoms in total. The van der Waals surface area contributed by atoms with E-state index >= 15 is 0 Å². The zero-order chi connectivity index (χ0) is 14.1. The Morgan fingerprint density at radius 1 is 1.40 bits per heavy atom. The maximum absolute atomic E-state index is 10.7. The molecule has 0 aliphatic rings. The van der Waals surface area contributed by atoms with Crippen LogP contribution in [-0.4, -0.2) is 19.6 Å². The molecule has 0 aliphatic heterocycles. The van der Waals surface area contributed by atoms with Crippen LogP contribution in [0.15, 0.2) is 35.0 Å². The first kappa shape index (κ1) is 12.3. The van der Waals surface area contributed by atoms with E-state index in [9.17, 15) is 10.1 Å². The van der Waals surface area contributed by atoms with Gasteiger partial charge in [0.05, 0.1) is 4.92 Å². The zero-order valence-corrected chi connectivity index (χ0v) is 10.8. The summed E-state index contributed by atoms with van der Waals surface area (Å²) in [4.78, 5) is 14.6. The number of nitrogens with zero attached hydrogens (tertiary/aromatic N) is 4. The molecule has 0 N–H and O–H groups in total. The van der Waals surface area contributed by atoms with Crippen LogP contribution in [0.25, 0.3) is 10.9 Å². The Bertz CT molecular complexity index is 775. The largest absolute Gasteiger partial charge is 0.338 e. The van der Waals surface area contributed by atoms with Gasteiger partial charge in [-0.25, -0.2) is 0 Å². The number of non-ortho nitro benzene ring substituents is 1. The van der Waals surface area contributed by atoms with Crippen molar-refractivity contribution >= 4 is 16.6 Å². The molecule has 20 heavy (non-hydrogen) atoms. The molecule has 3 rings (SSSR count). The fourth-order valence-corrected chi connectivity index (χ4v) is 2.08. The standard InChI is InChI=1S/C13H12N4O3/c1-2-12-14-13(20-15-12)8-16-6-5-9-7-10(17(18)19)3-4-11(9)16/h3-7H,2,8H2,1H3. The average molecular weight is 272 g/mol. The van der Waals surface area contributed by atoms with E-state index in [1.54, 1.807) is 12.1 Å². The minimum Gasteiger partial charge on any atom is -0.338 e. The number of hydrogen-bond acceptors (Lipinski definition) is 5. The van der Waals surface area contributed by atoms with Gasteiger partial charge in [0.1, 0.15) is 6.54 Å². The summed E-state index contributed by atoms with van der Waals surface area (Å²) in [6.45, 7) is 2.41. The maximum Gasteiger partial charge on any atom is 0.270 e. The lowest BCUT2D eigenvalue weighted by Crippen LogP contribution is -1.98. The molecule has 0 amide bonds. The van der Waals surface area contributed by atoms with Crippen molar-refractivity contribution in [3.05, 3.63) is 52.3 Å². The molecule has 0 unspecified atom stereocenters. The van der Waals surface area contributed by atoms with Crippen molar-refractivity contribution in [2.24, 2.45) is 0 Å². The normalized spacial score (nSPS) is 11.1. The minimum atomic E-state index is -0.400. The fourth-order valence-electron chi connectivity index (χ4n) is 2.08. The van der Waals surface area contributed by atoms with E-state index in [-0.39, 0.29) is 5.69 Å². The Morgan fingerprint density at radius 3 is 2.95 bits per heavy atom. The highest BCUT2D eigenvalue weighted by Gasteiger charge is 2.11. The molecule has 102 valence electrons. The molecule has 0 fully saturated rings. The maximum atomic E-state index is 10.7. The van der Waals surface area contributed by atoms with Gasteiger partial charge in [-0.2, -0.15) is 4.98 Å². The molecule has 0 radical (unpaired) electrons. The Kier molecular flexibility index (Phi) is 2.94. The number of aryl methyl sites for hydroxylation is 1. The monoisotopic (exact) mass is 272 g/mol. The molecule has 0 saturated heterocycles. The van der Waals surface area contributed by atoms with E-state index in [0.717, 1.165) is 17.3 Å². The van der Waals surface area contributed by atoms with Crippen LogP contribution in [-0.2, 0) is 13.0 Å². The van der Waals surface area contributed by atoms with Crippen LogP contribution in [0.4, 0.5) is 5.69 Å². The molecule has 0 spiro atoms. The van der Waals surface area contributed by atoms with Crippen molar-refractivity contribution in [3.8, 4) is 0 Å². The van der Waals surface area contributed by atoms with Crippen LogP contribution in [0.2, 0.25) is 0 Å². The Morgan fingerprint density at radius 2 is 2.25 bits per heavy atom. The molecular weight excluding hydrogens is 260 g/mol. The van der Waals surface area contributed by atoms with Crippen LogP contribution in [0.5, 0.6) is 0 Å². The van der Waals surface area contributed by atoms with Crippen molar-refractivity contribution < 1.29 is 9.45 Å². The molecule has 2 heterocycles. The van der Waals surface area contributed by atoms with Crippen molar-refractivity contribution in [2.45, 2.75) is 19.9 Å². The number of rotatable bonds is 4. The smallest absolute Gasteiger partial charge is 0.270 e. The highest BCUT2D eigenvalue weighted by Crippen LogP contribution is 2.22. The predicted molar refractivity (Wildman–Crippen MR) is 71.4 cm³/mol. The van der Waals surface area contributed by atoms with Crippen LogP contribution in [0.1, 0.15) is 18.6 Å². The first-order chi connectivity index (χ1) is 9.67. The second-order valence-corrected chi connectivity index (χ2v) is 4.40. The molecule has 0 atom stereocenters. The SMILES string of the molecule is CCc1noc(Cn2ccc3cc([N+](=O)[O-])ccc32)n1. The van der Waals surface area contributed by atoms with Crippen LogP contribution in [0.3, 0.4) is 0 Å². The highest BCUT2D eigenvalue weighted by atomic mass is 16.6. The van der Waals surface area contributed by atoms with E-state index in [4.69, 9.17) is 4.52 Å². The van der Waals surface area contributed by atoms with Crippen molar-refractivity contribution in [1.29, 1.82) is 0 Å². The fraction of sp³-hybridized carbons (Fsp3) is 0.231. The van der Waals surface area contributed by atoms with Gasteiger partial charge in [-0.15, -0.1) is 0 Å². The van der Waals surface area contributed by atoms with Gasteiger partial charge in [-0.05, 0) is 12.1 Å². The topological polar surface area (TPSA) is 87.0 Å². The van der Waals surface area contributed by atoms with Gasteiger partial charge in [0, 0.05) is 35.7 Å². The second-order valence-electron chi connectivity index (χ2n) is 4.40. The third kappa shape index (κ3) is 2.13. The predicted octanol–water partition coefficient (Wildman–Crippen LogP) is 2.54. The Balaban J connectivity index is 1.94. The lowest BCUT2D eigenvalue weighted by molar-refractivity contribution is -0.384. The number of nitro benzene ring substituents is 1. The van der Waals surface area contributed by atoms with Gasteiger partial charge in [0.2, 0.25) is 5.89 Å². The molecule has 2 aromatic heterocycles. The lowest BCUT2D eigenvalue weighted by atomic mass is 10.2. The van der Waals surface area contributed by atoms with Crippen LogP contribution < -0.4 is 0 Å². The highest BCUT2D eigenvalue weighted by molar-refractivity contribution is 5.82. The number of nitro groups is 1.